The van der Waals surface area contributed by atoms with Crippen molar-refractivity contribution < 1.29 is 18.9 Å². The van der Waals surface area contributed by atoms with Gasteiger partial charge < -0.3 is 18.9 Å². The van der Waals surface area contributed by atoms with Crippen LogP contribution in [0, 0.1) is 0 Å². The highest BCUT2D eigenvalue weighted by Crippen LogP contribution is 2.34. The first-order valence-corrected chi connectivity index (χ1v) is 17.2. The van der Waals surface area contributed by atoms with E-state index in [4.69, 9.17) is 18.9 Å². The molecule has 0 unspecified atom stereocenters. The van der Waals surface area contributed by atoms with Crippen molar-refractivity contribution in [1.29, 1.82) is 0 Å². The van der Waals surface area contributed by atoms with E-state index in [2.05, 4.69) is 74.5 Å². The molecule has 4 nitrogen and oxygen atoms in total. The van der Waals surface area contributed by atoms with Crippen LogP contribution in [0.3, 0.4) is 0 Å². The zero-order valence-corrected chi connectivity index (χ0v) is 26.9. The second kappa shape index (κ2) is 19.6. The van der Waals surface area contributed by atoms with Crippen LogP contribution in [0.15, 0.2) is 121 Å². The lowest BCUT2D eigenvalue weighted by atomic mass is 10.1. The third-order valence-electron chi connectivity index (χ3n) is 6.89. The van der Waals surface area contributed by atoms with E-state index in [0.29, 0.717) is 33.0 Å². The van der Waals surface area contributed by atoms with Crippen LogP contribution < -0.4 is 0 Å². The Morgan fingerprint density at radius 1 is 0.465 bits per heavy atom. The standard InChI is InChI=1S/C37H44O4S2/c1-3-42-37(43-4-2)36(41-28-33-23-15-8-16-24-33)35(40-27-32-21-13-7-14-22-32)34(39-26-31-19-11-6-12-20-31)29-38-25-30-17-9-5-10-18-30/h5-24,34-37H,3-4,25-29H2,1-2H3/t34-,35-,36+/m1/s1. The molecular weight excluding hydrogens is 573 g/mol. The fraction of sp³-hybridized carbons (Fsp3) is 0.351. The summed E-state index contributed by atoms with van der Waals surface area (Å²) in [5.41, 5.74) is 4.49. The van der Waals surface area contributed by atoms with Crippen molar-refractivity contribution in [1.82, 2.24) is 0 Å². The maximum absolute atomic E-state index is 6.85. The summed E-state index contributed by atoms with van der Waals surface area (Å²) in [6.07, 6.45) is -0.961. The van der Waals surface area contributed by atoms with Crippen LogP contribution in [-0.4, -0.2) is 41.0 Å². The molecule has 228 valence electrons. The highest BCUT2D eigenvalue weighted by Gasteiger charge is 2.38. The Bertz CT molecular complexity index is 1240. The molecule has 0 aromatic heterocycles. The van der Waals surface area contributed by atoms with Gasteiger partial charge in [-0.3, -0.25) is 0 Å². The third-order valence-corrected chi connectivity index (χ3v) is 9.57. The van der Waals surface area contributed by atoms with Crippen LogP contribution in [0.1, 0.15) is 36.1 Å². The van der Waals surface area contributed by atoms with Crippen molar-refractivity contribution in [3.63, 3.8) is 0 Å². The molecule has 43 heavy (non-hydrogen) atoms. The minimum atomic E-state index is -0.369. The monoisotopic (exact) mass is 616 g/mol. The van der Waals surface area contributed by atoms with Crippen molar-refractivity contribution in [3.8, 4) is 0 Å². The van der Waals surface area contributed by atoms with E-state index >= 15 is 0 Å². The molecule has 0 amide bonds. The van der Waals surface area contributed by atoms with Crippen molar-refractivity contribution in [2.24, 2.45) is 0 Å². The van der Waals surface area contributed by atoms with Gasteiger partial charge in [0.05, 0.1) is 37.6 Å². The Kier molecular flexibility index (Phi) is 15.2. The molecule has 3 atom stereocenters. The largest absolute Gasteiger partial charge is 0.374 e. The van der Waals surface area contributed by atoms with Crippen LogP contribution in [0.2, 0.25) is 0 Å². The SMILES string of the molecule is CCSC(SCC)[C@@H](OCc1ccccc1)[C@H](OCc1ccccc1)[C@@H](COCc1ccccc1)OCc1ccccc1. The molecule has 0 N–H and O–H groups in total. The number of hydrogen-bond donors (Lipinski definition) is 0. The van der Waals surface area contributed by atoms with E-state index in [1.807, 2.05) is 84.2 Å². The molecule has 4 aromatic carbocycles. The summed E-state index contributed by atoms with van der Waals surface area (Å²) in [5.74, 6) is 1.96. The highest BCUT2D eigenvalue weighted by molar-refractivity contribution is 8.17. The lowest BCUT2D eigenvalue weighted by Crippen LogP contribution is -2.48. The average Bonchev–Trinajstić information content (AvgIpc) is 3.06. The van der Waals surface area contributed by atoms with Gasteiger partial charge in [0.25, 0.3) is 0 Å². The number of thioether (sulfide) groups is 2. The van der Waals surface area contributed by atoms with Crippen LogP contribution >= 0.6 is 23.5 Å². The van der Waals surface area contributed by atoms with Crippen LogP contribution in [0.25, 0.3) is 0 Å². The van der Waals surface area contributed by atoms with E-state index in [9.17, 15) is 0 Å². The molecule has 0 aliphatic heterocycles. The Balaban J connectivity index is 1.64. The average molecular weight is 617 g/mol. The molecule has 0 radical (unpaired) electrons. The van der Waals surface area contributed by atoms with Gasteiger partial charge in [0, 0.05) is 0 Å². The molecule has 0 saturated carbocycles. The molecule has 0 aliphatic rings. The maximum Gasteiger partial charge on any atom is 0.114 e. The molecule has 0 saturated heterocycles. The van der Waals surface area contributed by atoms with E-state index in [1.165, 1.54) is 0 Å². The zero-order valence-electron chi connectivity index (χ0n) is 25.3. The zero-order chi connectivity index (χ0) is 30.0. The Labute approximate surface area is 266 Å². The predicted octanol–water partition coefficient (Wildman–Crippen LogP) is 8.79. The summed E-state index contributed by atoms with van der Waals surface area (Å²) < 4.78 is 26.9. The van der Waals surface area contributed by atoms with Crippen molar-refractivity contribution in [3.05, 3.63) is 144 Å². The molecule has 0 fully saturated rings. The van der Waals surface area contributed by atoms with Gasteiger partial charge in [0.2, 0.25) is 0 Å². The fourth-order valence-electron chi connectivity index (χ4n) is 4.72. The molecular formula is C37H44O4S2. The van der Waals surface area contributed by atoms with Gasteiger partial charge in [-0.1, -0.05) is 135 Å². The number of ether oxygens (including phenoxy) is 4. The minimum Gasteiger partial charge on any atom is -0.374 e. The van der Waals surface area contributed by atoms with E-state index < -0.39 is 0 Å². The van der Waals surface area contributed by atoms with E-state index in [-0.39, 0.29) is 22.9 Å². The second-order valence-corrected chi connectivity index (χ2v) is 13.3. The molecule has 4 aromatic rings. The van der Waals surface area contributed by atoms with Crippen LogP contribution in [0.4, 0.5) is 0 Å². The van der Waals surface area contributed by atoms with Crippen LogP contribution in [0.5, 0.6) is 0 Å². The van der Waals surface area contributed by atoms with E-state index in [1.54, 1.807) is 0 Å². The first-order chi connectivity index (χ1) is 21.3. The summed E-state index contributed by atoms with van der Waals surface area (Å²) in [6, 6.07) is 41.2. The maximum atomic E-state index is 6.85. The molecule has 0 bridgehead atoms. The lowest BCUT2D eigenvalue weighted by Gasteiger charge is -2.37. The summed E-state index contributed by atoms with van der Waals surface area (Å²) in [4.78, 5) is 0. The Hall–Kier alpha value is -2.58. The van der Waals surface area contributed by atoms with Gasteiger partial charge >= 0.3 is 0 Å². The summed E-state index contributed by atoms with van der Waals surface area (Å²) in [7, 11) is 0. The fourth-order valence-corrected chi connectivity index (χ4v) is 7.43. The van der Waals surface area contributed by atoms with Crippen molar-refractivity contribution in [2.75, 3.05) is 18.1 Å². The topological polar surface area (TPSA) is 36.9 Å². The van der Waals surface area contributed by atoms with Gasteiger partial charge in [0.1, 0.15) is 18.3 Å². The predicted molar refractivity (Wildman–Crippen MR) is 181 cm³/mol. The quantitative estimate of drug-likeness (QED) is 0.0924. The second-order valence-electron chi connectivity index (χ2n) is 10.1. The Morgan fingerprint density at radius 2 is 0.837 bits per heavy atom. The van der Waals surface area contributed by atoms with Gasteiger partial charge in [0.15, 0.2) is 0 Å². The summed E-state index contributed by atoms with van der Waals surface area (Å²) >= 11 is 3.82. The smallest absolute Gasteiger partial charge is 0.114 e. The Morgan fingerprint density at radius 3 is 1.26 bits per heavy atom. The number of rotatable bonds is 20. The lowest BCUT2D eigenvalue weighted by molar-refractivity contribution is -0.164. The van der Waals surface area contributed by atoms with Gasteiger partial charge in [-0.2, -0.15) is 0 Å². The molecule has 0 heterocycles. The molecule has 4 rings (SSSR count). The minimum absolute atomic E-state index is 0.163. The number of benzene rings is 4. The van der Waals surface area contributed by atoms with Gasteiger partial charge in [-0.15, -0.1) is 23.5 Å². The first-order valence-electron chi connectivity index (χ1n) is 15.1. The normalized spacial score (nSPS) is 13.6. The van der Waals surface area contributed by atoms with Gasteiger partial charge in [-0.05, 0) is 33.8 Å². The highest BCUT2D eigenvalue weighted by atomic mass is 32.2. The van der Waals surface area contributed by atoms with E-state index in [0.717, 1.165) is 33.8 Å². The van der Waals surface area contributed by atoms with Crippen LogP contribution in [-0.2, 0) is 45.4 Å². The third kappa shape index (κ3) is 11.8. The van der Waals surface area contributed by atoms with Gasteiger partial charge in [-0.25, -0.2) is 0 Å². The molecule has 0 spiro atoms. The summed E-state index contributed by atoms with van der Waals surface area (Å²) in [6.45, 7) is 6.71. The molecule has 6 heteroatoms. The summed E-state index contributed by atoms with van der Waals surface area (Å²) in [5, 5.41) is 0. The first kappa shape index (κ1) is 33.3. The number of hydrogen-bond acceptors (Lipinski definition) is 6. The molecule has 0 aliphatic carbocycles. The van der Waals surface area contributed by atoms with Crippen molar-refractivity contribution in [2.45, 2.75) is 63.2 Å². The van der Waals surface area contributed by atoms with Crippen molar-refractivity contribution >= 4 is 23.5 Å².